The van der Waals surface area contributed by atoms with Gasteiger partial charge in [0.2, 0.25) is 5.91 Å². The van der Waals surface area contributed by atoms with E-state index in [1.807, 2.05) is 35.0 Å². The summed E-state index contributed by atoms with van der Waals surface area (Å²) in [6.45, 7) is 0. The molecule has 1 amide bonds. The number of aromatic nitrogens is 1. The fraction of sp³-hybridized carbons (Fsp3) is 0. The minimum Gasteiger partial charge on any atom is -0.298 e. The zero-order valence-electron chi connectivity index (χ0n) is 11.3. The van der Waals surface area contributed by atoms with Gasteiger partial charge in [0, 0.05) is 16.5 Å². The molecule has 0 spiro atoms. The summed E-state index contributed by atoms with van der Waals surface area (Å²) in [6, 6.07) is 11.3. The van der Waals surface area contributed by atoms with Crippen molar-refractivity contribution in [1.29, 1.82) is 0 Å². The van der Waals surface area contributed by atoms with Crippen LogP contribution in [0.25, 0.3) is 16.6 Å². The first-order chi connectivity index (χ1) is 10.7. The lowest BCUT2D eigenvalue weighted by molar-refractivity contribution is -0.111. The molecule has 2 heterocycles. The molecule has 1 N–H and O–H groups in total. The summed E-state index contributed by atoms with van der Waals surface area (Å²) in [5.74, 6) is -0.216. The number of benzene rings is 1. The highest BCUT2D eigenvalue weighted by molar-refractivity contribution is 7.16. The first kappa shape index (κ1) is 15.0. The Bertz CT molecular complexity index is 809. The Labute approximate surface area is 140 Å². The van der Waals surface area contributed by atoms with Gasteiger partial charge in [-0.1, -0.05) is 29.8 Å². The van der Waals surface area contributed by atoms with Crippen LogP contribution in [0.4, 0.5) is 5.13 Å². The number of thiophene rings is 1. The molecule has 0 aliphatic rings. The van der Waals surface area contributed by atoms with Crippen LogP contribution in [0, 0.1) is 0 Å². The van der Waals surface area contributed by atoms with Crippen molar-refractivity contribution in [2.75, 3.05) is 5.32 Å². The van der Waals surface area contributed by atoms with E-state index in [9.17, 15) is 4.79 Å². The minimum atomic E-state index is -0.216. The van der Waals surface area contributed by atoms with E-state index in [0.717, 1.165) is 16.1 Å². The first-order valence-corrected chi connectivity index (χ1v) is 8.58. The standard InChI is InChI=1S/C16H11ClN2OS2/c17-12-4-1-3-11(9-12)6-7-15(20)19-16-18-13(10-22-16)14-5-2-8-21-14/h1-10H,(H,18,19,20). The Morgan fingerprint density at radius 3 is 2.91 bits per heavy atom. The van der Waals surface area contributed by atoms with Crippen LogP contribution in [-0.4, -0.2) is 10.9 Å². The lowest BCUT2D eigenvalue weighted by atomic mass is 10.2. The molecule has 0 bridgehead atoms. The van der Waals surface area contributed by atoms with Crippen molar-refractivity contribution in [2.24, 2.45) is 0 Å². The summed E-state index contributed by atoms with van der Waals surface area (Å²) < 4.78 is 0. The molecule has 0 fully saturated rings. The molecule has 22 heavy (non-hydrogen) atoms. The number of thiazole rings is 1. The molecule has 0 saturated heterocycles. The topological polar surface area (TPSA) is 42.0 Å². The molecule has 110 valence electrons. The maximum atomic E-state index is 11.9. The second kappa shape index (κ2) is 6.87. The number of halogens is 1. The number of amides is 1. The molecule has 6 heteroatoms. The summed E-state index contributed by atoms with van der Waals surface area (Å²) in [5.41, 5.74) is 1.76. The molecule has 0 radical (unpaired) electrons. The number of carbonyl (C=O) groups excluding carboxylic acids is 1. The molecule has 3 rings (SSSR count). The molecular formula is C16H11ClN2OS2. The number of nitrogens with one attached hydrogen (secondary N) is 1. The van der Waals surface area contributed by atoms with E-state index in [1.165, 1.54) is 17.4 Å². The van der Waals surface area contributed by atoms with E-state index in [1.54, 1.807) is 29.5 Å². The predicted octanol–water partition coefficient (Wildman–Crippen LogP) is 5.18. The summed E-state index contributed by atoms with van der Waals surface area (Å²) in [7, 11) is 0. The van der Waals surface area contributed by atoms with Crippen molar-refractivity contribution in [1.82, 2.24) is 4.98 Å². The van der Waals surface area contributed by atoms with Crippen molar-refractivity contribution in [3.63, 3.8) is 0 Å². The van der Waals surface area contributed by atoms with Crippen LogP contribution in [0.3, 0.4) is 0 Å². The highest BCUT2D eigenvalue weighted by Gasteiger charge is 2.06. The Morgan fingerprint density at radius 1 is 1.23 bits per heavy atom. The summed E-state index contributed by atoms with van der Waals surface area (Å²) in [4.78, 5) is 17.4. The number of nitrogens with zero attached hydrogens (tertiary/aromatic N) is 1. The average molecular weight is 347 g/mol. The largest absolute Gasteiger partial charge is 0.298 e. The van der Waals surface area contributed by atoms with Gasteiger partial charge in [-0.15, -0.1) is 22.7 Å². The van der Waals surface area contributed by atoms with Crippen LogP contribution in [0.2, 0.25) is 5.02 Å². The SMILES string of the molecule is O=C(C=Cc1cccc(Cl)c1)Nc1nc(-c2cccs2)cs1. The van der Waals surface area contributed by atoms with Gasteiger partial charge in [-0.3, -0.25) is 10.1 Å². The van der Waals surface area contributed by atoms with Crippen LogP contribution >= 0.6 is 34.3 Å². The van der Waals surface area contributed by atoms with Crippen molar-refractivity contribution in [3.05, 3.63) is 63.8 Å². The predicted molar refractivity (Wildman–Crippen MR) is 94.5 cm³/mol. The second-order valence-electron chi connectivity index (χ2n) is 4.39. The van der Waals surface area contributed by atoms with E-state index in [4.69, 9.17) is 11.6 Å². The van der Waals surface area contributed by atoms with Crippen LogP contribution in [-0.2, 0) is 4.79 Å². The third-order valence-electron chi connectivity index (χ3n) is 2.78. The van der Waals surface area contributed by atoms with E-state index < -0.39 is 0 Å². The Morgan fingerprint density at radius 2 is 2.14 bits per heavy atom. The zero-order chi connectivity index (χ0) is 15.4. The van der Waals surface area contributed by atoms with Gasteiger partial charge < -0.3 is 0 Å². The van der Waals surface area contributed by atoms with Crippen molar-refractivity contribution in [3.8, 4) is 10.6 Å². The molecular weight excluding hydrogens is 336 g/mol. The van der Waals surface area contributed by atoms with E-state index in [0.29, 0.717) is 10.2 Å². The van der Waals surface area contributed by atoms with Crippen molar-refractivity contribution in [2.45, 2.75) is 0 Å². The van der Waals surface area contributed by atoms with Crippen molar-refractivity contribution < 1.29 is 4.79 Å². The molecule has 3 aromatic rings. The number of carbonyl (C=O) groups is 1. The highest BCUT2D eigenvalue weighted by Crippen LogP contribution is 2.28. The monoisotopic (exact) mass is 346 g/mol. The van der Waals surface area contributed by atoms with Gasteiger partial charge in [-0.25, -0.2) is 4.98 Å². The first-order valence-electron chi connectivity index (χ1n) is 6.45. The van der Waals surface area contributed by atoms with Crippen LogP contribution in [0.15, 0.2) is 53.2 Å². The molecule has 2 aromatic heterocycles. The molecule has 0 aliphatic heterocycles. The summed E-state index contributed by atoms with van der Waals surface area (Å²) in [6.07, 6.45) is 3.19. The van der Waals surface area contributed by atoms with E-state index in [-0.39, 0.29) is 5.91 Å². The number of rotatable bonds is 4. The van der Waals surface area contributed by atoms with E-state index in [2.05, 4.69) is 10.3 Å². The highest BCUT2D eigenvalue weighted by atomic mass is 35.5. The zero-order valence-corrected chi connectivity index (χ0v) is 13.7. The third kappa shape index (κ3) is 3.82. The van der Waals surface area contributed by atoms with E-state index >= 15 is 0 Å². The van der Waals surface area contributed by atoms with Gasteiger partial charge in [0.25, 0.3) is 0 Å². The number of anilines is 1. The van der Waals surface area contributed by atoms with Gasteiger partial charge in [-0.2, -0.15) is 0 Å². The fourth-order valence-corrected chi connectivity index (χ4v) is 3.47. The lowest BCUT2D eigenvalue weighted by Gasteiger charge is -1.97. The van der Waals surface area contributed by atoms with Gasteiger partial charge >= 0.3 is 0 Å². The second-order valence-corrected chi connectivity index (χ2v) is 6.64. The van der Waals surface area contributed by atoms with Crippen LogP contribution < -0.4 is 5.32 Å². The molecule has 3 nitrogen and oxygen atoms in total. The molecule has 0 saturated carbocycles. The molecule has 0 unspecified atom stereocenters. The molecule has 0 aliphatic carbocycles. The summed E-state index contributed by atoms with van der Waals surface area (Å²) in [5, 5.41) is 7.92. The Hall–Kier alpha value is -1.95. The quantitative estimate of drug-likeness (QED) is 0.661. The lowest BCUT2D eigenvalue weighted by Crippen LogP contribution is -2.07. The fourth-order valence-electron chi connectivity index (χ4n) is 1.80. The number of hydrogen-bond donors (Lipinski definition) is 1. The third-order valence-corrected chi connectivity index (χ3v) is 4.67. The Balaban J connectivity index is 1.65. The maximum Gasteiger partial charge on any atom is 0.250 e. The maximum absolute atomic E-state index is 11.9. The summed E-state index contributed by atoms with van der Waals surface area (Å²) >= 11 is 8.93. The normalized spacial score (nSPS) is 11.0. The molecule has 0 atom stereocenters. The smallest absolute Gasteiger partial charge is 0.250 e. The van der Waals surface area contributed by atoms with Gasteiger partial charge in [-0.05, 0) is 35.2 Å². The minimum absolute atomic E-state index is 0.216. The van der Waals surface area contributed by atoms with Crippen LogP contribution in [0.5, 0.6) is 0 Å². The van der Waals surface area contributed by atoms with Crippen LogP contribution in [0.1, 0.15) is 5.56 Å². The number of hydrogen-bond acceptors (Lipinski definition) is 4. The van der Waals surface area contributed by atoms with Gasteiger partial charge in [0.1, 0.15) is 0 Å². The Kier molecular flexibility index (Phi) is 4.68. The molecule has 1 aromatic carbocycles. The van der Waals surface area contributed by atoms with Gasteiger partial charge in [0.05, 0.1) is 10.6 Å². The van der Waals surface area contributed by atoms with Gasteiger partial charge in [0.15, 0.2) is 5.13 Å². The van der Waals surface area contributed by atoms with Crippen molar-refractivity contribution >= 4 is 51.4 Å². The average Bonchev–Trinajstić information content (AvgIpc) is 3.16.